The van der Waals surface area contributed by atoms with E-state index in [-0.39, 0.29) is 32.6 Å². The molecule has 0 spiro atoms. The first-order chi connectivity index (χ1) is 26.8. The summed E-state index contributed by atoms with van der Waals surface area (Å²) in [5, 5.41) is 0. The topological polar surface area (TPSA) is 134 Å². The van der Waals surface area contributed by atoms with E-state index in [4.69, 9.17) is 24.3 Å². The summed E-state index contributed by atoms with van der Waals surface area (Å²) < 4.78 is 32.7. The summed E-state index contributed by atoms with van der Waals surface area (Å²) in [4.78, 5) is 34.8. The summed E-state index contributed by atoms with van der Waals surface area (Å²) in [5.41, 5.74) is 5.34. The molecule has 0 aromatic rings. The minimum absolute atomic E-state index is 0.0409. The molecule has 0 aromatic heterocycles. The number of unbranched alkanes of at least 4 members (excludes halogenated alkanes) is 11. The van der Waals surface area contributed by atoms with Crippen molar-refractivity contribution < 1.29 is 37.6 Å². The first kappa shape index (κ1) is 52.2. The number of nitrogens with two attached hydrogens (primary N) is 1. The molecule has 0 aliphatic rings. The zero-order valence-electron chi connectivity index (χ0n) is 34.4. The fraction of sp³-hybridized carbons (Fsp3) is 0.644. The summed E-state index contributed by atoms with van der Waals surface area (Å²) in [7, 11) is -4.39. The largest absolute Gasteiger partial charge is 0.472 e. The fourth-order valence-corrected chi connectivity index (χ4v) is 5.92. The van der Waals surface area contributed by atoms with E-state index in [1.54, 1.807) is 0 Å². The lowest BCUT2D eigenvalue weighted by atomic mass is 10.1. The lowest BCUT2D eigenvalue weighted by molar-refractivity contribution is -0.161. The van der Waals surface area contributed by atoms with E-state index in [1.165, 1.54) is 25.7 Å². The van der Waals surface area contributed by atoms with E-state index in [9.17, 15) is 19.0 Å². The highest BCUT2D eigenvalue weighted by molar-refractivity contribution is 7.47. The highest BCUT2D eigenvalue weighted by Gasteiger charge is 2.25. The Balaban J connectivity index is 4.29. The van der Waals surface area contributed by atoms with Crippen molar-refractivity contribution in [1.82, 2.24) is 0 Å². The molecule has 2 unspecified atom stereocenters. The third kappa shape index (κ3) is 40.7. The molecule has 0 saturated heterocycles. The monoisotopic (exact) mass is 790 g/mol. The Labute approximate surface area is 334 Å². The van der Waals surface area contributed by atoms with Crippen LogP contribution in [0.1, 0.15) is 155 Å². The maximum Gasteiger partial charge on any atom is 0.472 e. The Kier molecular flexibility index (Phi) is 38.8. The van der Waals surface area contributed by atoms with Gasteiger partial charge in [-0.05, 0) is 89.9 Å². The molecule has 3 N–H and O–H groups in total. The van der Waals surface area contributed by atoms with Crippen LogP contribution < -0.4 is 5.73 Å². The van der Waals surface area contributed by atoms with E-state index >= 15 is 0 Å². The first-order valence-electron chi connectivity index (χ1n) is 21.1. The number of carbonyl (C=O) groups is 2. The molecule has 0 fully saturated rings. The van der Waals surface area contributed by atoms with Crippen molar-refractivity contribution in [2.45, 2.75) is 161 Å². The third-order valence-electron chi connectivity index (χ3n) is 8.27. The Morgan fingerprint density at radius 2 is 1.00 bits per heavy atom. The summed E-state index contributed by atoms with van der Waals surface area (Å²) >= 11 is 0. The maximum atomic E-state index is 12.6. The van der Waals surface area contributed by atoms with E-state index in [0.29, 0.717) is 12.8 Å². The zero-order chi connectivity index (χ0) is 40.3. The predicted octanol–water partition coefficient (Wildman–Crippen LogP) is 12.0. The number of phosphoric ester groups is 1. The summed E-state index contributed by atoms with van der Waals surface area (Å²) in [6.07, 6.45) is 50.4. The molecule has 314 valence electrons. The maximum absolute atomic E-state index is 12.6. The SMILES string of the molecule is CCC=CCC=CCC=CCC=CCC=CCCCCCC(=O)OC(COC(=O)CCCCCCCC=CCC=CCCCCC)COP(=O)(O)OCCN. The molecule has 0 bridgehead atoms. The minimum Gasteiger partial charge on any atom is -0.462 e. The molecule has 0 rings (SSSR count). The van der Waals surface area contributed by atoms with Gasteiger partial charge in [-0.15, -0.1) is 0 Å². The Morgan fingerprint density at radius 3 is 1.51 bits per heavy atom. The van der Waals surface area contributed by atoms with Crippen molar-refractivity contribution in [3.63, 3.8) is 0 Å². The molecule has 9 nitrogen and oxygen atoms in total. The van der Waals surface area contributed by atoms with Crippen molar-refractivity contribution >= 4 is 19.8 Å². The van der Waals surface area contributed by atoms with Gasteiger partial charge in [0, 0.05) is 19.4 Å². The van der Waals surface area contributed by atoms with E-state index in [0.717, 1.165) is 89.9 Å². The van der Waals surface area contributed by atoms with Crippen LogP contribution >= 0.6 is 7.82 Å². The smallest absolute Gasteiger partial charge is 0.462 e. The Morgan fingerprint density at radius 1 is 0.564 bits per heavy atom. The van der Waals surface area contributed by atoms with Gasteiger partial charge < -0.3 is 20.1 Å². The van der Waals surface area contributed by atoms with Gasteiger partial charge in [-0.2, -0.15) is 0 Å². The van der Waals surface area contributed by atoms with Crippen LogP contribution in [0.15, 0.2) is 85.1 Å². The van der Waals surface area contributed by atoms with E-state index in [1.807, 2.05) is 0 Å². The van der Waals surface area contributed by atoms with Crippen molar-refractivity contribution in [2.24, 2.45) is 5.73 Å². The van der Waals surface area contributed by atoms with Crippen molar-refractivity contribution in [1.29, 1.82) is 0 Å². The van der Waals surface area contributed by atoms with Crippen LogP contribution in [0.25, 0.3) is 0 Å². The third-order valence-corrected chi connectivity index (χ3v) is 9.25. The molecule has 0 aliphatic carbocycles. The van der Waals surface area contributed by atoms with Gasteiger partial charge in [0.05, 0.1) is 13.2 Å². The molecule has 0 amide bonds. The van der Waals surface area contributed by atoms with Crippen molar-refractivity contribution in [3.8, 4) is 0 Å². The van der Waals surface area contributed by atoms with Gasteiger partial charge in [0.15, 0.2) is 6.10 Å². The van der Waals surface area contributed by atoms with Crippen LogP contribution in [0.3, 0.4) is 0 Å². The van der Waals surface area contributed by atoms with Gasteiger partial charge in [0.25, 0.3) is 0 Å². The van der Waals surface area contributed by atoms with Gasteiger partial charge in [-0.1, -0.05) is 137 Å². The minimum atomic E-state index is -4.39. The van der Waals surface area contributed by atoms with E-state index < -0.39 is 32.5 Å². The summed E-state index contributed by atoms with van der Waals surface area (Å²) in [6.45, 7) is 3.51. The quantitative estimate of drug-likeness (QED) is 0.0271. The van der Waals surface area contributed by atoms with Crippen LogP contribution in [0.4, 0.5) is 0 Å². The van der Waals surface area contributed by atoms with Crippen LogP contribution in [-0.4, -0.2) is 49.3 Å². The molecule has 10 heteroatoms. The summed E-state index contributed by atoms with van der Waals surface area (Å²) in [5.74, 6) is -0.891. The lowest BCUT2D eigenvalue weighted by Gasteiger charge is -2.19. The Hall–Kier alpha value is -2.81. The highest BCUT2D eigenvalue weighted by Crippen LogP contribution is 2.43. The zero-order valence-corrected chi connectivity index (χ0v) is 35.3. The number of allylic oxidation sites excluding steroid dienone is 14. The molecule has 2 atom stereocenters. The number of carbonyl (C=O) groups excluding carboxylic acids is 2. The normalized spacial score (nSPS) is 14.2. The molecule has 0 saturated carbocycles. The lowest BCUT2D eigenvalue weighted by Crippen LogP contribution is -2.29. The number of hydrogen-bond donors (Lipinski definition) is 2. The predicted molar refractivity (Wildman–Crippen MR) is 229 cm³/mol. The number of hydrogen-bond acceptors (Lipinski definition) is 8. The molecule has 0 aliphatic heterocycles. The number of esters is 2. The van der Waals surface area contributed by atoms with Crippen molar-refractivity contribution in [2.75, 3.05) is 26.4 Å². The second-order valence-electron chi connectivity index (χ2n) is 13.5. The molecule has 0 aromatic carbocycles. The fourth-order valence-electron chi connectivity index (χ4n) is 5.16. The van der Waals surface area contributed by atoms with Gasteiger partial charge >= 0.3 is 19.8 Å². The van der Waals surface area contributed by atoms with E-state index in [2.05, 4.69) is 98.9 Å². The summed E-state index contributed by atoms with van der Waals surface area (Å²) in [6, 6.07) is 0. The van der Waals surface area contributed by atoms with Gasteiger partial charge in [-0.3, -0.25) is 18.6 Å². The number of rotatable bonds is 38. The average molecular weight is 790 g/mol. The number of phosphoric acid groups is 1. The highest BCUT2D eigenvalue weighted by atomic mass is 31.2. The van der Waals surface area contributed by atoms with Crippen molar-refractivity contribution in [3.05, 3.63) is 85.1 Å². The Bertz CT molecular complexity index is 1170. The van der Waals surface area contributed by atoms with Crippen LogP contribution in [0.5, 0.6) is 0 Å². The average Bonchev–Trinajstić information content (AvgIpc) is 3.17. The van der Waals surface area contributed by atoms with Crippen LogP contribution in [0.2, 0.25) is 0 Å². The first-order valence-corrected chi connectivity index (χ1v) is 22.6. The molecule has 55 heavy (non-hydrogen) atoms. The molecule has 0 heterocycles. The second kappa shape index (κ2) is 40.8. The second-order valence-corrected chi connectivity index (χ2v) is 14.9. The van der Waals surface area contributed by atoms with Crippen LogP contribution in [0, 0.1) is 0 Å². The number of ether oxygens (including phenoxy) is 2. The standard InChI is InChI=1S/C45H76NO8P/c1-3-5-7-9-11-13-15-17-19-20-21-22-24-26-28-30-32-34-36-38-45(48)54-43(42-53-55(49,50)52-40-39-46)41-51-44(47)37-35-33-31-29-27-25-23-18-16-14-12-10-8-6-4-2/h5,7,11-14,17-19,21-23,26,28,43H,3-4,6,8-10,15-16,20,24-25,27,29-42,46H2,1-2H3,(H,49,50). The molecular weight excluding hydrogens is 713 g/mol. The molecule has 0 radical (unpaired) electrons. The van der Waals surface area contributed by atoms with Gasteiger partial charge in [-0.25, -0.2) is 4.57 Å². The molecular formula is C45H76NO8P. The van der Waals surface area contributed by atoms with Gasteiger partial charge in [0.2, 0.25) is 0 Å². The van der Waals surface area contributed by atoms with Crippen LogP contribution in [-0.2, 0) is 32.7 Å². The van der Waals surface area contributed by atoms with Gasteiger partial charge in [0.1, 0.15) is 6.61 Å².